The third-order valence-corrected chi connectivity index (χ3v) is 4.08. The van der Waals surface area contributed by atoms with E-state index in [1.54, 1.807) is 7.11 Å². The molecule has 4 heteroatoms. The van der Waals surface area contributed by atoms with E-state index in [2.05, 4.69) is 30.1 Å². The molecule has 3 unspecified atom stereocenters. The van der Waals surface area contributed by atoms with E-state index >= 15 is 0 Å². The van der Waals surface area contributed by atoms with Crippen molar-refractivity contribution in [1.29, 1.82) is 5.26 Å². The zero-order valence-electron chi connectivity index (χ0n) is 12.9. The van der Waals surface area contributed by atoms with Gasteiger partial charge in [0.25, 0.3) is 0 Å². The van der Waals surface area contributed by atoms with E-state index in [0.717, 1.165) is 38.9 Å². The van der Waals surface area contributed by atoms with Gasteiger partial charge in [-0.25, -0.2) is 0 Å². The van der Waals surface area contributed by atoms with Crippen LogP contribution in [0.3, 0.4) is 0 Å². The number of nitrogens with one attached hydrogen (secondary N) is 1. The molecule has 1 fully saturated rings. The first kappa shape index (κ1) is 16.4. The molecule has 19 heavy (non-hydrogen) atoms. The van der Waals surface area contributed by atoms with Gasteiger partial charge in [0.05, 0.1) is 12.2 Å². The van der Waals surface area contributed by atoms with E-state index in [9.17, 15) is 5.26 Å². The van der Waals surface area contributed by atoms with Crippen molar-refractivity contribution < 1.29 is 4.74 Å². The number of rotatable bonds is 7. The molecule has 1 heterocycles. The molecule has 1 aliphatic rings. The van der Waals surface area contributed by atoms with Crippen LogP contribution in [0, 0.1) is 11.3 Å². The predicted octanol–water partition coefficient (Wildman–Crippen LogP) is 2.16. The number of hydrogen-bond donors (Lipinski definition) is 1. The molecule has 0 amide bonds. The summed E-state index contributed by atoms with van der Waals surface area (Å²) in [5, 5.41) is 12.8. The largest absolute Gasteiger partial charge is 0.380 e. The topological polar surface area (TPSA) is 48.3 Å². The second-order valence-electron chi connectivity index (χ2n) is 5.92. The first-order chi connectivity index (χ1) is 9.04. The molecule has 1 aliphatic heterocycles. The molecule has 4 nitrogen and oxygen atoms in total. The van der Waals surface area contributed by atoms with Crippen molar-refractivity contribution >= 4 is 0 Å². The molecule has 1 N–H and O–H groups in total. The van der Waals surface area contributed by atoms with Gasteiger partial charge in [0, 0.05) is 19.7 Å². The highest BCUT2D eigenvalue weighted by atomic mass is 16.5. The quantitative estimate of drug-likeness (QED) is 0.768. The van der Waals surface area contributed by atoms with Gasteiger partial charge in [-0.05, 0) is 52.6 Å². The zero-order valence-corrected chi connectivity index (χ0v) is 12.9. The van der Waals surface area contributed by atoms with E-state index in [1.165, 1.54) is 6.42 Å². The van der Waals surface area contributed by atoms with Crippen molar-refractivity contribution in [3.63, 3.8) is 0 Å². The summed E-state index contributed by atoms with van der Waals surface area (Å²) in [5.41, 5.74) is -0.421. The van der Waals surface area contributed by atoms with E-state index in [-0.39, 0.29) is 0 Å². The van der Waals surface area contributed by atoms with Gasteiger partial charge in [0.1, 0.15) is 5.54 Å². The first-order valence-corrected chi connectivity index (χ1v) is 7.47. The molecule has 1 saturated heterocycles. The minimum Gasteiger partial charge on any atom is -0.380 e. The maximum absolute atomic E-state index is 9.40. The SMILES string of the molecule is CCCNC(C)(C#N)CC(C)N1CCCC(OC)C1. The van der Waals surface area contributed by atoms with Gasteiger partial charge in [0.15, 0.2) is 0 Å². The molecular formula is C15H29N3O. The van der Waals surface area contributed by atoms with Crippen LogP contribution in [0.15, 0.2) is 0 Å². The van der Waals surface area contributed by atoms with Gasteiger partial charge in [-0.2, -0.15) is 5.26 Å². The minimum atomic E-state index is -0.421. The fourth-order valence-corrected chi connectivity index (χ4v) is 2.84. The van der Waals surface area contributed by atoms with Crippen LogP contribution in [0.5, 0.6) is 0 Å². The highest BCUT2D eigenvalue weighted by Crippen LogP contribution is 2.21. The maximum Gasteiger partial charge on any atom is 0.105 e. The Bertz CT molecular complexity index is 302. The molecule has 0 spiro atoms. The summed E-state index contributed by atoms with van der Waals surface area (Å²) < 4.78 is 5.47. The summed E-state index contributed by atoms with van der Waals surface area (Å²) in [6.45, 7) is 9.38. The van der Waals surface area contributed by atoms with Crippen molar-refractivity contribution in [1.82, 2.24) is 10.2 Å². The Balaban J connectivity index is 2.52. The normalized spacial score (nSPS) is 25.5. The summed E-state index contributed by atoms with van der Waals surface area (Å²) in [7, 11) is 1.79. The molecule has 0 saturated carbocycles. The number of hydrogen-bond acceptors (Lipinski definition) is 4. The van der Waals surface area contributed by atoms with E-state index in [0.29, 0.717) is 12.1 Å². The average molecular weight is 267 g/mol. The third kappa shape index (κ3) is 5.10. The lowest BCUT2D eigenvalue weighted by Gasteiger charge is -2.38. The Kier molecular flexibility index (Phi) is 6.78. The van der Waals surface area contributed by atoms with Crippen molar-refractivity contribution in [2.45, 2.75) is 64.1 Å². The first-order valence-electron chi connectivity index (χ1n) is 7.47. The Morgan fingerprint density at radius 1 is 1.58 bits per heavy atom. The summed E-state index contributed by atoms with van der Waals surface area (Å²) in [4.78, 5) is 2.46. The molecule has 0 bridgehead atoms. The Morgan fingerprint density at radius 3 is 2.89 bits per heavy atom. The maximum atomic E-state index is 9.40. The standard InChI is InChI=1S/C15H29N3O/c1-5-8-17-15(3,12-16)10-13(2)18-9-6-7-14(11-18)19-4/h13-14,17H,5-11H2,1-4H3. The van der Waals surface area contributed by atoms with Gasteiger partial charge < -0.3 is 4.74 Å². The summed E-state index contributed by atoms with van der Waals surface area (Å²) in [6, 6.07) is 2.85. The molecule has 1 rings (SSSR count). The lowest BCUT2D eigenvalue weighted by molar-refractivity contribution is 0.0132. The number of nitriles is 1. The molecule has 110 valence electrons. The number of methoxy groups -OCH3 is 1. The fourth-order valence-electron chi connectivity index (χ4n) is 2.84. The summed E-state index contributed by atoms with van der Waals surface area (Å²) >= 11 is 0. The van der Waals surface area contributed by atoms with Crippen LogP contribution in [0.1, 0.15) is 46.5 Å². The summed E-state index contributed by atoms with van der Waals surface area (Å²) in [6.07, 6.45) is 4.62. The van der Waals surface area contributed by atoms with Crippen LogP contribution in [0.25, 0.3) is 0 Å². The van der Waals surface area contributed by atoms with Gasteiger partial charge in [0.2, 0.25) is 0 Å². The molecule has 3 atom stereocenters. The molecule has 0 aromatic heterocycles. The van der Waals surface area contributed by atoms with Gasteiger partial charge in [-0.15, -0.1) is 0 Å². The smallest absolute Gasteiger partial charge is 0.105 e. The van der Waals surface area contributed by atoms with Crippen molar-refractivity contribution in [3.8, 4) is 6.07 Å². The van der Waals surface area contributed by atoms with Gasteiger partial charge >= 0.3 is 0 Å². The van der Waals surface area contributed by atoms with Crippen molar-refractivity contribution in [2.75, 3.05) is 26.7 Å². The zero-order chi connectivity index (χ0) is 14.3. The van der Waals surface area contributed by atoms with Gasteiger partial charge in [-0.3, -0.25) is 10.2 Å². The number of nitrogens with zero attached hydrogens (tertiary/aromatic N) is 2. The molecular weight excluding hydrogens is 238 g/mol. The average Bonchev–Trinajstić information content (AvgIpc) is 2.45. The number of likely N-dealkylation sites (tertiary alicyclic amines) is 1. The van der Waals surface area contributed by atoms with Crippen LogP contribution < -0.4 is 5.32 Å². The van der Waals surface area contributed by atoms with Crippen LogP contribution in [0.2, 0.25) is 0 Å². The predicted molar refractivity (Wildman–Crippen MR) is 78.0 cm³/mol. The van der Waals surface area contributed by atoms with Crippen molar-refractivity contribution in [2.24, 2.45) is 0 Å². The molecule has 0 aromatic rings. The second kappa shape index (κ2) is 7.84. The molecule has 0 aliphatic carbocycles. The lowest BCUT2D eigenvalue weighted by atomic mass is 9.93. The fraction of sp³-hybridized carbons (Fsp3) is 0.933. The van der Waals surface area contributed by atoms with E-state index < -0.39 is 5.54 Å². The molecule has 0 radical (unpaired) electrons. The summed E-state index contributed by atoms with van der Waals surface area (Å²) in [5.74, 6) is 0. The number of ether oxygens (including phenoxy) is 1. The Hall–Kier alpha value is -0.630. The lowest BCUT2D eigenvalue weighted by Crippen LogP contribution is -2.50. The molecule has 0 aromatic carbocycles. The van der Waals surface area contributed by atoms with Crippen LogP contribution >= 0.6 is 0 Å². The second-order valence-corrected chi connectivity index (χ2v) is 5.92. The monoisotopic (exact) mass is 267 g/mol. The highest BCUT2D eigenvalue weighted by Gasteiger charge is 2.30. The van der Waals surface area contributed by atoms with E-state index in [1.807, 2.05) is 6.92 Å². The Labute approximate surface area is 118 Å². The van der Waals surface area contributed by atoms with Crippen LogP contribution in [-0.2, 0) is 4.74 Å². The van der Waals surface area contributed by atoms with Crippen LogP contribution in [0.4, 0.5) is 0 Å². The minimum absolute atomic E-state index is 0.355. The van der Waals surface area contributed by atoms with Crippen LogP contribution in [-0.4, -0.2) is 49.3 Å². The van der Waals surface area contributed by atoms with Crippen molar-refractivity contribution in [3.05, 3.63) is 0 Å². The third-order valence-electron chi connectivity index (χ3n) is 4.08. The Morgan fingerprint density at radius 2 is 2.32 bits per heavy atom. The van der Waals surface area contributed by atoms with Gasteiger partial charge in [-0.1, -0.05) is 6.92 Å². The number of piperidine rings is 1. The highest BCUT2D eigenvalue weighted by molar-refractivity contribution is 5.05. The van der Waals surface area contributed by atoms with E-state index in [4.69, 9.17) is 4.74 Å².